The Balaban J connectivity index is 2.78. The van der Waals surface area contributed by atoms with Gasteiger partial charge in [-0.25, -0.2) is 0 Å². The molecule has 0 aliphatic heterocycles. The van der Waals surface area contributed by atoms with Gasteiger partial charge in [0.2, 0.25) is 0 Å². The molecule has 0 atom stereocenters. The monoisotopic (exact) mass is 295 g/mol. The highest BCUT2D eigenvalue weighted by Crippen LogP contribution is 2.35. The Labute approximate surface area is 121 Å². The molecule has 0 amide bonds. The van der Waals surface area contributed by atoms with Crippen LogP contribution in [0.15, 0.2) is 30.3 Å². The Morgan fingerprint density at radius 1 is 1.14 bits per heavy atom. The van der Waals surface area contributed by atoms with E-state index in [0.717, 1.165) is 6.07 Å². The van der Waals surface area contributed by atoms with Gasteiger partial charge in [-0.05, 0) is 31.0 Å². The molecule has 21 heavy (non-hydrogen) atoms. The van der Waals surface area contributed by atoms with E-state index in [0.29, 0.717) is 36.1 Å². The van der Waals surface area contributed by atoms with Gasteiger partial charge in [0.15, 0.2) is 6.29 Å². The molecule has 0 saturated heterocycles. The molecular weight excluding hydrogens is 279 g/mol. The van der Waals surface area contributed by atoms with Crippen LogP contribution in [-0.2, 0) is 19.0 Å². The van der Waals surface area contributed by atoms with Crippen LogP contribution in [0.25, 0.3) is 5.69 Å². The van der Waals surface area contributed by atoms with Crippen molar-refractivity contribution in [2.75, 3.05) is 0 Å². The zero-order chi connectivity index (χ0) is 15.6. The van der Waals surface area contributed by atoms with E-state index in [4.69, 9.17) is 0 Å². The van der Waals surface area contributed by atoms with Gasteiger partial charge in [-0.2, -0.15) is 13.2 Å². The lowest BCUT2D eigenvalue weighted by molar-refractivity contribution is -0.137. The van der Waals surface area contributed by atoms with E-state index in [9.17, 15) is 18.0 Å². The Hall–Kier alpha value is -2.04. The van der Waals surface area contributed by atoms with E-state index in [2.05, 4.69) is 0 Å². The number of benzene rings is 1. The van der Waals surface area contributed by atoms with Crippen molar-refractivity contribution in [1.29, 1.82) is 0 Å². The predicted octanol–water partition coefficient (Wildman–Crippen LogP) is 4.43. The molecule has 0 aliphatic carbocycles. The van der Waals surface area contributed by atoms with E-state index >= 15 is 0 Å². The Morgan fingerprint density at radius 2 is 1.81 bits per heavy atom. The third-order valence-electron chi connectivity index (χ3n) is 3.49. The number of para-hydroxylation sites is 1. The van der Waals surface area contributed by atoms with Crippen LogP contribution in [0.5, 0.6) is 0 Å². The third kappa shape index (κ3) is 2.73. The zero-order valence-electron chi connectivity index (χ0n) is 11.9. The molecular formula is C16H16F3NO. The first-order valence-corrected chi connectivity index (χ1v) is 6.79. The molecule has 0 saturated carbocycles. The second kappa shape index (κ2) is 5.76. The fourth-order valence-electron chi connectivity index (χ4n) is 2.56. The average Bonchev–Trinajstić information content (AvgIpc) is 2.83. The first kappa shape index (κ1) is 15.4. The summed E-state index contributed by atoms with van der Waals surface area (Å²) in [6, 6.07) is 7.11. The van der Waals surface area contributed by atoms with Gasteiger partial charge in [0.25, 0.3) is 0 Å². The highest BCUT2D eigenvalue weighted by molar-refractivity contribution is 5.78. The molecule has 0 aliphatic rings. The van der Waals surface area contributed by atoms with Crippen LogP contribution in [0.2, 0.25) is 0 Å². The minimum atomic E-state index is -4.43. The van der Waals surface area contributed by atoms with E-state index in [-0.39, 0.29) is 5.69 Å². The SMILES string of the molecule is CCc1cc(C=O)c(CC)n1-c1ccccc1C(F)(F)F. The minimum Gasteiger partial charge on any atom is -0.317 e. The van der Waals surface area contributed by atoms with E-state index < -0.39 is 11.7 Å². The van der Waals surface area contributed by atoms with Crippen molar-refractivity contribution >= 4 is 6.29 Å². The molecule has 0 unspecified atom stereocenters. The molecule has 112 valence electrons. The fraction of sp³-hybridized carbons (Fsp3) is 0.312. The van der Waals surface area contributed by atoms with Gasteiger partial charge in [-0.15, -0.1) is 0 Å². The van der Waals surface area contributed by atoms with Gasteiger partial charge in [-0.1, -0.05) is 26.0 Å². The van der Waals surface area contributed by atoms with Crippen LogP contribution < -0.4 is 0 Å². The van der Waals surface area contributed by atoms with Crippen molar-refractivity contribution in [3.05, 3.63) is 52.8 Å². The number of hydrogen-bond donors (Lipinski definition) is 0. The van der Waals surface area contributed by atoms with Crippen molar-refractivity contribution in [1.82, 2.24) is 4.57 Å². The number of aryl methyl sites for hydroxylation is 1. The van der Waals surface area contributed by atoms with Crippen LogP contribution in [0.3, 0.4) is 0 Å². The fourth-order valence-corrected chi connectivity index (χ4v) is 2.56. The van der Waals surface area contributed by atoms with Gasteiger partial charge < -0.3 is 4.57 Å². The number of rotatable bonds is 4. The lowest BCUT2D eigenvalue weighted by atomic mass is 10.1. The van der Waals surface area contributed by atoms with Gasteiger partial charge in [0.1, 0.15) is 0 Å². The summed E-state index contributed by atoms with van der Waals surface area (Å²) in [5, 5.41) is 0. The summed E-state index contributed by atoms with van der Waals surface area (Å²) in [5.41, 5.74) is 1.14. The van der Waals surface area contributed by atoms with Gasteiger partial charge in [0, 0.05) is 17.0 Å². The molecule has 0 fully saturated rings. The van der Waals surface area contributed by atoms with E-state index in [1.165, 1.54) is 12.1 Å². The number of carbonyl (C=O) groups is 1. The maximum atomic E-state index is 13.2. The minimum absolute atomic E-state index is 0.0757. The van der Waals surface area contributed by atoms with Crippen molar-refractivity contribution in [3.63, 3.8) is 0 Å². The van der Waals surface area contributed by atoms with Crippen LogP contribution in [0.4, 0.5) is 13.2 Å². The highest BCUT2D eigenvalue weighted by atomic mass is 19.4. The molecule has 0 bridgehead atoms. The molecule has 2 nitrogen and oxygen atoms in total. The standard InChI is InChI=1S/C16H16F3NO/c1-3-12-9-11(10-21)14(4-2)20(12)15-8-6-5-7-13(15)16(17,18)19/h5-10H,3-4H2,1-2H3. The van der Waals surface area contributed by atoms with Crippen molar-refractivity contribution in [2.45, 2.75) is 32.9 Å². The number of hydrogen-bond acceptors (Lipinski definition) is 1. The lowest BCUT2D eigenvalue weighted by Gasteiger charge is -2.18. The molecule has 2 aromatic rings. The summed E-state index contributed by atoms with van der Waals surface area (Å²) in [5.74, 6) is 0. The molecule has 0 radical (unpaired) electrons. The van der Waals surface area contributed by atoms with E-state index in [1.807, 2.05) is 13.8 Å². The molecule has 5 heteroatoms. The van der Waals surface area contributed by atoms with Crippen LogP contribution in [-0.4, -0.2) is 10.9 Å². The maximum absolute atomic E-state index is 13.2. The third-order valence-corrected chi connectivity index (χ3v) is 3.49. The van der Waals surface area contributed by atoms with E-state index in [1.54, 1.807) is 16.7 Å². The molecule has 0 N–H and O–H groups in total. The van der Waals surface area contributed by atoms with Gasteiger partial charge >= 0.3 is 6.18 Å². The highest BCUT2D eigenvalue weighted by Gasteiger charge is 2.34. The Bertz CT molecular complexity index is 656. The summed E-state index contributed by atoms with van der Waals surface area (Å²) >= 11 is 0. The first-order chi connectivity index (χ1) is 9.93. The summed E-state index contributed by atoms with van der Waals surface area (Å²) in [6.45, 7) is 3.69. The number of halogens is 3. The number of aromatic nitrogens is 1. The Morgan fingerprint density at radius 3 is 2.33 bits per heavy atom. The number of alkyl halides is 3. The quantitative estimate of drug-likeness (QED) is 0.765. The molecule has 1 aromatic heterocycles. The Kier molecular flexibility index (Phi) is 4.21. The molecule has 2 rings (SSSR count). The number of nitrogens with zero attached hydrogens (tertiary/aromatic N) is 1. The second-order valence-corrected chi connectivity index (χ2v) is 4.71. The summed E-state index contributed by atoms with van der Waals surface area (Å²) in [4.78, 5) is 11.1. The summed E-state index contributed by atoms with van der Waals surface area (Å²) in [7, 11) is 0. The summed E-state index contributed by atoms with van der Waals surface area (Å²) < 4.78 is 41.2. The van der Waals surface area contributed by atoms with Crippen molar-refractivity contribution in [3.8, 4) is 5.69 Å². The van der Waals surface area contributed by atoms with Crippen LogP contribution in [0, 0.1) is 0 Å². The maximum Gasteiger partial charge on any atom is 0.418 e. The number of carbonyl (C=O) groups excluding carboxylic acids is 1. The summed E-state index contributed by atoms with van der Waals surface area (Å²) in [6.07, 6.45) is -2.70. The van der Waals surface area contributed by atoms with Gasteiger partial charge in [0.05, 0.1) is 11.3 Å². The molecule has 1 aromatic carbocycles. The lowest BCUT2D eigenvalue weighted by Crippen LogP contribution is -2.13. The second-order valence-electron chi connectivity index (χ2n) is 4.71. The normalized spacial score (nSPS) is 11.7. The first-order valence-electron chi connectivity index (χ1n) is 6.79. The average molecular weight is 295 g/mol. The van der Waals surface area contributed by atoms with Crippen molar-refractivity contribution < 1.29 is 18.0 Å². The molecule has 1 heterocycles. The molecule has 0 spiro atoms. The zero-order valence-corrected chi connectivity index (χ0v) is 11.9. The van der Waals surface area contributed by atoms with Crippen LogP contribution >= 0.6 is 0 Å². The smallest absolute Gasteiger partial charge is 0.317 e. The number of aldehydes is 1. The van der Waals surface area contributed by atoms with Gasteiger partial charge in [-0.3, -0.25) is 4.79 Å². The predicted molar refractivity (Wildman–Crippen MR) is 74.9 cm³/mol. The topological polar surface area (TPSA) is 22.0 Å². The largest absolute Gasteiger partial charge is 0.418 e. The van der Waals surface area contributed by atoms with Crippen molar-refractivity contribution in [2.24, 2.45) is 0 Å². The van der Waals surface area contributed by atoms with Crippen LogP contribution in [0.1, 0.15) is 41.2 Å².